The monoisotopic (exact) mass is 330 g/mol. The molecule has 0 saturated carbocycles. The van der Waals surface area contributed by atoms with E-state index in [1.54, 1.807) is 4.57 Å². The Bertz CT molecular complexity index is 743. The third-order valence-electron chi connectivity index (χ3n) is 4.99. The van der Waals surface area contributed by atoms with Crippen molar-refractivity contribution in [3.8, 4) is 0 Å². The summed E-state index contributed by atoms with van der Waals surface area (Å²) < 4.78 is 1.67. The van der Waals surface area contributed by atoms with Gasteiger partial charge >= 0.3 is 5.69 Å². The number of nitrogens with one attached hydrogen (secondary N) is 3. The van der Waals surface area contributed by atoms with Gasteiger partial charge in [-0.25, -0.2) is 4.79 Å². The third-order valence-corrected chi connectivity index (χ3v) is 4.99. The van der Waals surface area contributed by atoms with E-state index in [0.29, 0.717) is 31.3 Å². The zero-order chi connectivity index (χ0) is 16.9. The van der Waals surface area contributed by atoms with Crippen molar-refractivity contribution in [1.82, 2.24) is 20.2 Å². The number of piperidine rings is 1. The molecule has 130 valence electrons. The van der Waals surface area contributed by atoms with Crippen LogP contribution < -0.4 is 16.3 Å². The first-order chi connectivity index (χ1) is 11.6. The summed E-state index contributed by atoms with van der Waals surface area (Å²) in [7, 11) is 0. The number of amides is 1. The van der Waals surface area contributed by atoms with Gasteiger partial charge in [0.1, 0.15) is 0 Å². The molecule has 1 aliphatic heterocycles. The number of benzene rings is 1. The second kappa shape index (κ2) is 7.66. The fraction of sp³-hybridized carbons (Fsp3) is 0.556. The Morgan fingerprint density at radius 1 is 1.42 bits per heavy atom. The maximum atomic E-state index is 12.1. The van der Waals surface area contributed by atoms with E-state index < -0.39 is 0 Å². The molecule has 3 N–H and O–H groups in total. The summed E-state index contributed by atoms with van der Waals surface area (Å²) in [6.07, 6.45) is 2.95. The standard InChI is InChI=1S/C18H26N4O2/c1-13(14-5-4-8-19-12-14)11-17(23)20-9-10-22-16-7-3-2-6-15(16)21-18(22)24/h2-3,6-7,13-14,19H,4-5,8-12H2,1H3,(H,20,23)(H,21,24). The summed E-state index contributed by atoms with van der Waals surface area (Å²) in [5.41, 5.74) is 1.57. The molecule has 0 spiro atoms. The van der Waals surface area contributed by atoms with Gasteiger partial charge in [0, 0.05) is 19.5 Å². The predicted octanol–water partition coefficient (Wildman–Crippen LogP) is 1.47. The van der Waals surface area contributed by atoms with Crippen LogP contribution in [0.5, 0.6) is 0 Å². The molecule has 0 bridgehead atoms. The number of H-pyrrole nitrogens is 1. The largest absolute Gasteiger partial charge is 0.354 e. The van der Waals surface area contributed by atoms with E-state index >= 15 is 0 Å². The van der Waals surface area contributed by atoms with Crippen molar-refractivity contribution in [1.29, 1.82) is 0 Å². The van der Waals surface area contributed by atoms with E-state index in [4.69, 9.17) is 0 Å². The third kappa shape index (κ3) is 3.87. The van der Waals surface area contributed by atoms with E-state index in [0.717, 1.165) is 24.1 Å². The molecule has 6 nitrogen and oxygen atoms in total. The van der Waals surface area contributed by atoms with Crippen molar-refractivity contribution < 1.29 is 4.79 Å². The Labute approximate surface area is 141 Å². The fourth-order valence-corrected chi connectivity index (χ4v) is 3.53. The average molecular weight is 330 g/mol. The quantitative estimate of drug-likeness (QED) is 0.750. The Kier molecular flexibility index (Phi) is 5.35. The first-order valence-electron chi connectivity index (χ1n) is 8.80. The zero-order valence-electron chi connectivity index (χ0n) is 14.2. The number of carbonyl (C=O) groups excluding carboxylic acids is 1. The van der Waals surface area contributed by atoms with Crippen LogP contribution in [0.15, 0.2) is 29.1 Å². The maximum Gasteiger partial charge on any atom is 0.326 e. The topological polar surface area (TPSA) is 78.9 Å². The molecule has 2 atom stereocenters. The fourth-order valence-electron chi connectivity index (χ4n) is 3.53. The summed E-state index contributed by atoms with van der Waals surface area (Å²) in [5, 5.41) is 6.35. The van der Waals surface area contributed by atoms with Gasteiger partial charge in [0.25, 0.3) is 0 Å². The van der Waals surface area contributed by atoms with Gasteiger partial charge in [0.2, 0.25) is 5.91 Å². The molecule has 24 heavy (non-hydrogen) atoms. The Morgan fingerprint density at radius 3 is 3.04 bits per heavy atom. The molecule has 1 aromatic carbocycles. The van der Waals surface area contributed by atoms with Crippen molar-refractivity contribution in [2.75, 3.05) is 19.6 Å². The van der Waals surface area contributed by atoms with Crippen LogP contribution in [0, 0.1) is 11.8 Å². The van der Waals surface area contributed by atoms with Crippen molar-refractivity contribution >= 4 is 16.9 Å². The number of nitrogens with zero attached hydrogens (tertiary/aromatic N) is 1. The number of fused-ring (bicyclic) bond motifs is 1. The molecule has 1 amide bonds. The summed E-state index contributed by atoms with van der Waals surface area (Å²) >= 11 is 0. The second-order valence-electron chi connectivity index (χ2n) is 6.74. The predicted molar refractivity (Wildman–Crippen MR) is 94.9 cm³/mol. The molecule has 1 saturated heterocycles. The van der Waals surface area contributed by atoms with Crippen molar-refractivity contribution in [2.45, 2.75) is 32.7 Å². The lowest BCUT2D eigenvalue weighted by molar-refractivity contribution is -0.122. The number of hydrogen-bond donors (Lipinski definition) is 3. The molecule has 6 heteroatoms. The molecule has 3 rings (SSSR count). The lowest BCUT2D eigenvalue weighted by Gasteiger charge is -2.28. The molecule has 1 fully saturated rings. The van der Waals surface area contributed by atoms with E-state index in [-0.39, 0.29) is 11.6 Å². The minimum atomic E-state index is -0.132. The van der Waals surface area contributed by atoms with Crippen LogP contribution >= 0.6 is 0 Å². The second-order valence-corrected chi connectivity index (χ2v) is 6.74. The first-order valence-corrected chi connectivity index (χ1v) is 8.80. The Hall–Kier alpha value is -2.08. The molecular weight excluding hydrogens is 304 g/mol. The van der Waals surface area contributed by atoms with Gasteiger partial charge in [-0.05, 0) is 49.9 Å². The van der Waals surface area contributed by atoms with E-state index in [9.17, 15) is 9.59 Å². The Morgan fingerprint density at radius 2 is 2.25 bits per heavy atom. The van der Waals surface area contributed by atoms with Crippen LogP contribution in [-0.4, -0.2) is 35.1 Å². The van der Waals surface area contributed by atoms with Gasteiger partial charge in [-0.15, -0.1) is 0 Å². The van der Waals surface area contributed by atoms with Gasteiger partial charge in [0.05, 0.1) is 11.0 Å². The van der Waals surface area contributed by atoms with Crippen LogP contribution in [0.4, 0.5) is 0 Å². The lowest BCUT2D eigenvalue weighted by atomic mass is 9.85. The van der Waals surface area contributed by atoms with Crippen molar-refractivity contribution in [3.05, 3.63) is 34.7 Å². The van der Waals surface area contributed by atoms with Gasteiger partial charge in [-0.3, -0.25) is 9.36 Å². The number of carbonyl (C=O) groups is 1. The van der Waals surface area contributed by atoms with Gasteiger partial charge in [0.15, 0.2) is 0 Å². The number of aromatic nitrogens is 2. The highest BCUT2D eigenvalue weighted by atomic mass is 16.2. The number of rotatable bonds is 6. The molecular formula is C18H26N4O2. The minimum Gasteiger partial charge on any atom is -0.354 e. The Balaban J connectivity index is 1.49. The summed E-state index contributed by atoms with van der Waals surface area (Å²) in [6.45, 7) is 5.21. The normalized spacial score (nSPS) is 19.3. The van der Waals surface area contributed by atoms with Crippen LogP contribution in [0.1, 0.15) is 26.2 Å². The number of aromatic amines is 1. The number of hydrogen-bond acceptors (Lipinski definition) is 3. The first kappa shape index (κ1) is 16.8. The number of imidazole rings is 1. The molecule has 1 aliphatic rings. The summed E-state index contributed by atoms with van der Waals surface area (Å²) in [5.74, 6) is 1.04. The zero-order valence-corrected chi connectivity index (χ0v) is 14.2. The molecule has 2 heterocycles. The molecule has 0 radical (unpaired) electrons. The van der Waals surface area contributed by atoms with Crippen molar-refractivity contribution in [2.24, 2.45) is 11.8 Å². The van der Waals surface area contributed by atoms with E-state index in [1.165, 1.54) is 12.8 Å². The highest BCUT2D eigenvalue weighted by Gasteiger charge is 2.21. The SMILES string of the molecule is CC(CC(=O)NCCn1c(=O)[nH]c2ccccc21)C1CCCNC1. The molecule has 2 aromatic rings. The average Bonchev–Trinajstić information content (AvgIpc) is 2.91. The van der Waals surface area contributed by atoms with Crippen LogP contribution in [0.3, 0.4) is 0 Å². The summed E-state index contributed by atoms with van der Waals surface area (Å²) in [4.78, 5) is 27.0. The molecule has 1 aromatic heterocycles. The van der Waals surface area contributed by atoms with E-state index in [2.05, 4.69) is 22.5 Å². The lowest BCUT2D eigenvalue weighted by Crippen LogP contribution is -2.36. The molecule has 2 unspecified atom stereocenters. The highest BCUT2D eigenvalue weighted by Crippen LogP contribution is 2.22. The number of para-hydroxylation sites is 2. The highest BCUT2D eigenvalue weighted by molar-refractivity contribution is 5.76. The van der Waals surface area contributed by atoms with Gasteiger partial charge in [-0.2, -0.15) is 0 Å². The minimum absolute atomic E-state index is 0.0703. The van der Waals surface area contributed by atoms with Gasteiger partial charge < -0.3 is 15.6 Å². The van der Waals surface area contributed by atoms with Crippen LogP contribution in [0.2, 0.25) is 0 Å². The van der Waals surface area contributed by atoms with Crippen molar-refractivity contribution in [3.63, 3.8) is 0 Å². The molecule has 0 aliphatic carbocycles. The summed E-state index contributed by atoms with van der Waals surface area (Å²) in [6, 6.07) is 7.59. The smallest absolute Gasteiger partial charge is 0.326 e. The van der Waals surface area contributed by atoms with Gasteiger partial charge in [-0.1, -0.05) is 19.1 Å². The maximum absolute atomic E-state index is 12.1. The van der Waals surface area contributed by atoms with Crippen LogP contribution in [0.25, 0.3) is 11.0 Å². The van der Waals surface area contributed by atoms with E-state index in [1.807, 2.05) is 24.3 Å². The van der Waals surface area contributed by atoms with Crippen LogP contribution in [-0.2, 0) is 11.3 Å².